The Morgan fingerprint density at radius 1 is 1.12 bits per heavy atom. The van der Waals surface area contributed by atoms with Crippen LogP contribution >= 0.6 is 11.3 Å². The minimum absolute atomic E-state index is 0.230. The van der Waals surface area contributed by atoms with Gasteiger partial charge in [-0.05, 0) is 30.7 Å². The van der Waals surface area contributed by atoms with E-state index in [1.54, 1.807) is 6.26 Å². The molecule has 2 aromatic heterocycles. The summed E-state index contributed by atoms with van der Waals surface area (Å²) in [5.74, 6) is -0.502. The van der Waals surface area contributed by atoms with Crippen molar-refractivity contribution >= 4 is 23.2 Å². The maximum absolute atomic E-state index is 12.0. The first kappa shape index (κ1) is 17.0. The van der Waals surface area contributed by atoms with Crippen LogP contribution in [-0.2, 0) is 16.1 Å². The third-order valence-corrected chi connectivity index (χ3v) is 4.67. The third kappa shape index (κ3) is 4.36. The second kappa shape index (κ2) is 7.81. The van der Waals surface area contributed by atoms with Crippen molar-refractivity contribution < 1.29 is 14.0 Å². The number of rotatable bonds is 5. The van der Waals surface area contributed by atoms with E-state index in [1.165, 1.54) is 11.3 Å². The van der Waals surface area contributed by atoms with Crippen LogP contribution in [0, 0.1) is 0 Å². The molecule has 5 nitrogen and oxygen atoms in total. The van der Waals surface area contributed by atoms with Gasteiger partial charge < -0.3 is 15.1 Å². The van der Waals surface area contributed by atoms with Crippen molar-refractivity contribution in [1.82, 2.24) is 10.6 Å². The molecule has 0 bridgehead atoms. The van der Waals surface area contributed by atoms with E-state index in [1.807, 2.05) is 60.8 Å². The zero-order valence-corrected chi connectivity index (χ0v) is 14.5. The van der Waals surface area contributed by atoms with Gasteiger partial charge in [0.1, 0.15) is 5.76 Å². The van der Waals surface area contributed by atoms with E-state index in [0.717, 1.165) is 21.8 Å². The van der Waals surface area contributed by atoms with Crippen LogP contribution in [0.3, 0.4) is 0 Å². The fraction of sp³-hybridized carbons (Fsp3) is 0.158. The minimum atomic E-state index is -0.643. The molecule has 0 aliphatic carbocycles. The Morgan fingerprint density at radius 2 is 1.92 bits per heavy atom. The molecule has 0 fully saturated rings. The van der Waals surface area contributed by atoms with Crippen LogP contribution in [-0.4, -0.2) is 11.8 Å². The topological polar surface area (TPSA) is 71.3 Å². The zero-order chi connectivity index (χ0) is 17.6. The lowest BCUT2D eigenvalue weighted by atomic mass is 10.1. The lowest BCUT2D eigenvalue weighted by Gasteiger charge is -2.13. The number of thiophene rings is 1. The van der Waals surface area contributed by atoms with Crippen molar-refractivity contribution in [3.05, 3.63) is 70.6 Å². The fourth-order valence-corrected chi connectivity index (χ4v) is 3.19. The molecule has 0 radical (unpaired) electrons. The molecule has 128 valence electrons. The summed E-state index contributed by atoms with van der Waals surface area (Å²) >= 11 is 1.51. The molecule has 3 aromatic rings. The van der Waals surface area contributed by atoms with Gasteiger partial charge in [-0.2, -0.15) is 0 Å². The van der Waals surface area contributed by atoms with Crippen molar-refractivity contribution in [2.75, 3.05) is 0 Å². The molecule has 0 saturated heterocycles. The molecule has 0 aliphatic rings. The van der Waals surface area contributed by atoms with Crippen LogP contribution in [0.2, 0.25) is 0 Å². The first-order valence-corrected chi connectivity index (χ1v) is 8.76. The predicted molar refractivity (Wildman–Crippen MR) is 96.9 cm³/mol. The summed E-state index contributed by atoms with van der Waals surface area (Å²) in [5, 5.41) is 7.30. The van der Waals surface area contributed by atoms with Crippen molar-refractivity contribution in [3.63, 3.8) is 0 Å². The summed E-state index contributed by atoms with van der Waals surface area (Å²) in [6.07, 6.45) is 1.62. The van der Waals surface area contributed by atoms with Gasteiger partial charge in [0.15, 0.2) is 0 Å². The highest BCUT2D eigenvalue weighted by Crippen LogP contribution is 2.25. The van der Waals surface area contributed by atoms with Crippen LogP contribution in [0.15, 0.2) is 64.6 Å². The molecular formula is C19H18N2O3S. The Labute approximate surface area is 149 Å². The van der Waals surface area contributed by atoms with Gasteiger partial charge in [0.05, 0.1) is 18.8 Å². The molecule has 1 unspecified atom stereocenters. The van der Waals surface area contributed by atoms with Gasteiger partial charge in [0, 0.05) is 15.8 Å². The van der Waals surface area contributed by atoms with Crippen LogP contribution in [0.1, 0.15) is 23.4 Å². The molecule has 25 heavy (non-hydrogen) atoms. The van der Waals surface area contributed by atoms with Gasteiger partial charge in [0.25, 0.3) is 0 Å². The number of hydrogen-bond acceptors (Lipinski definition) is 4. The summed E-state index contributed by atoms with van der Waals surface area (Å²) in [5.41, 5.74) is 1.91. The fourth-order valence-electron chi connectivity index (χ4n) is 2.38. The number of benzene rings is 1. The van der Waals surface area contributed by atoms with E-state index in [-0.39, 0.29) is 6.04 Å². The Balaban J connectivity index is 1.51. The van der Waals surface area contributed by atoms with Gasteiger partial charge >= 0.3 is 11.8 Å². The van der Waals surface area contributed by atoms with Crippen LogP contribution in [0.25, 0.3) is 11.3 Å². The van der Waals surface area contributed by atoms with Gasteiger partial charge in [-0.1, -0.05) is 30.3 Å². The summed E-state index contributed by atoms with van der Waals surface area (Å²) < 4.78 is 5.34. The first-order valence-electron chi connectivity index (χ1n) is 7.88. The van der Waals surface area contributed by atoms with Gasteiger partial charge in [-0.25, -0.2) is 0 Å². The average Bonchev–Trinajstić information content (AvgIpc) is 3.31. The first-order chi connectivity index (χ1) is 12.1. The Hall–Kier alpha value is -2.86. The van der Waals surface area contributed by atoms with E-state index < -0.39 is 11.8 Å². The molecule has 6 heteroatoms. The highest BCUT2D eigenvalue weighted by Gasteiger charge is 2.17. The van der Waals surface area contributed by atoms with Crippen molar-refractivity contribution in [1.29, 1.82) is 0 Å². The molecule has 0 spiro atoms. The largest absolute Gasteiger partial charge is 0.464 e. The Morgan fingerprint density at radius 3 is 2.64 bits per heavy atom. The highest BCUT2D eigenvalue weighted by molar-refractivity contribution is 7.10. The molecule has 0 aliphatic heterocycles. The summed E-state index contributed by atoms with van der Waals surface area (Å²) in [7, 11) is 0. The second-order valence-electron chi connectivity index (χ2n) is 5.57. The van der Waals surface area contributed by atoms with Crippen LogP contribution in [0.4, 0.5) is 0 Å². The molecule has 0 saturated carbocycles. The standard InChI is InChI=1S/C19H18N2O3S/c1-13(14-6-3-2-4-7-14)21-19(23)18(22)20-11-16-10-15(12-25-16)17-8-5-9-24-17/h2-10,12-13H,11H2,1H3,(H,20,22)(H,21,23). The maximum atomic E-state index is 12.0. The maximum Gasteiger partial charge on any atom is 0.309 e. The SMILES string of the molecule is CC(NC(=O)C(=O)NCc1cc(-c2ccco2)cs1)c1ccccc1. The summed E-state index contributed by atoms with van der Waals surface area (Å²) in [6, 6.07) is 14.9. The van der Waals surface area contributed by atoms with E-state index >= 15 is 0 Å². The Kier molecular flexibility index (Phi) is 5.30. The van der Waals surface area contributed by atoms with Gasteiger partial charge in [0.2, 0.25) is 0 Å². The number of amides is 2. The predicted octanol–water partition coefficient (Wildman–Crippen LogP) is 3.50. The van der Waals surface area contributed by atoms with E-state index in [9.17, 15) is 9.59 Å². The molecule has 1 atom stereocenters. The Bertz CT molecular complexity index is 841. The highest BCUT2D eigenvalue weighted by atomic mass is 32.1. The van der Waals surface area contributed by atoms with Crippen molar-refractivity contribution in [2.24, 2.45) is 0 Å². The molecule has 1 aromatic carbocycles. The average molecular weight is 354 g/mol. The smallest absolute Gasteiger partial charge is 0.309 e. The summed E-state index contributed by atoms with van der Waals surface area (Å²) in [6.45, 7) is 2.15. The van der Waals surface area contributed by atoms with E-state index in [2.05, 4.69) is 10.6 Å². The third-order valence-electron chi connectivity index (χ3n) is 3.74. The zero-order valence-electron chi connectivity index (χ0n) is 13.7. The quantitative estimate of drug-likeness (QED) is 0.689. The second-order valence-corrected chi connectivity index (χ2v) is 6.56. The van der Waals surface area contributed by atoms with Crippen LogP contribution in [0.5, 0.6) is 0 Å². The number of nitrogens with one attached hydrogen (secondary N) is 2. The molecule has 2 heterocycles. The van der Waals surface area contributed by atoms with E-state index in [0.29, 0.717) is 6.54 Å². The molecule has 2 N–H and O–H groups in total. The minimum Gasteiger partial charge on any atom is -0.464 e. The van der Waals surface area contributed by atoms with Crippen LogP contribution < -0.4 is 10.6 Å². The van der Waals surface area contributed by atoms with Gasteiger partial charge in [-0.15, -0.1) is 11.3 Å². The number of hydrogen-bond donors (Lipinski definition) is 2. The summed E-state index contributed by atoms with van der Waals surface area (Å²) in [4.78, 5) is 24.9. The number of carbonyl (C=O) groups excluding carboxylic acids is 2. The number of furan rings is 1. The lowest BCUT2D eigenvalue weighted by Crippen LogP contribution is -2.40. The van der Waals surface area contributed by atoms with Crippen molar-refractivity contribution in [2.45, 2.75) is 19.5 Å². The van der Waals surface area contributed by atoms with E-state index in [4.69, 9.17) is 4.42 Å². The molecular weight excluding hydrogens is 336 g/mol. The molecule has 3 rings (SSSR count). The monoisotopic (exact) mass is 354 g/mol. The number of carbonyl (C=O) groups is 2. The molecule has 2 amide bonds. The normalized spacial score (nSPS) is 11.7. The van der Waals surface area contributed by atoms with Gasteiger partial charge in [-0.3, -0.25) is 9.59 Å². The van der Waals surface area contributed by atoms with Crippen molar-refractivity contribution in [3.8, 4) is 11.3 Å². The lowest BCUT2D eigenvalue weighted by molar-refractivity contribution is -0.139.